The van der Waals surface area contributed by atoms with Crippen LogP contribution in [0.1, 0.15) is 57.7 Å². The van der Waals surface area contributed by atoms with Gasteiger partial charge in [0, 0.05) is 13.1 Å². The molecule has 0 aliphatic rings. The summed E-state index contributed by atoms with van der Waals surface area (Å²) < 4.78 is 14.0. The second kappa shape index (κ2) is 13.2. The van der Waals surface area contributed by atoms with Crippen LogP contribution in [0.15, 0.2) is 54.6 Å². The minimum Gasteiger partial charge on any atom is -0.493 e. The van der Waals surface area contributed by atoms with E-state index in [1.807, 2.05) is 59.3 Å². The number of benzene rings is 2. The summed E-state index contributed by atoms with van der Waals surface area (Å²) in [4.78, 5) is 2.32. The lowest BCUT2D eigenvalue weighted by Gasteiger charge is -2.25. The van der Waals surface area contributed by atoms with E-state index in [1.54, 1.807) is 7.11 Å². The highest BCUT2D eigenvalue weighted by Crippen LogP contribution is 2.36. The van der Waals surface area contributed by atoms with Crippen LogP contribution in [0.2, 0.25) is 0 Å². The summed E-state index contributed by atoms with van der Waals surface area (Å²) in [5.41, 5.74) is 2.99. The van der Waals surface area contributed by atoms with Crippen LogP contribution in [0.5, 0.6) is 17.4 Å². The molecule has 0 saturated carbocycles. The van der Waals surface area contributed by atoms with Crippen molar-refractivity contribution < 1.29 is 14.6 Å². The molecule has 0 spiro atoms. The average molecular weight is 466 g/mol. The largest absolute Gasteiger partial charge is 0.493 e. The van der Waals surface area contributed by atoms with Gasteiger partial charge >= 0.3 is 0 Å². The van der Waals surface area contributed by atoms with Crippen molar-refractivity contribution in [3.8, 4) is 23.1 Å². The summed E-state index contributed by atoms with van der Waals surface area (Å²) in [5, 5.41) is 15.6. The number of methoxy groups -OCH3 is 1. The third kappa shape index (κ3) is 6.61. The molecular formula is C28H39N3O3. The lowest BCUT2D eigenvalue weighted by atomic mass is 10.1. The number of rotatable bonds is 14. The number of hydrogen-bond acceptors (Lipinski definition) is 5. The molecule has 0 aliphatic carbocycles. The highest BCUT2D eigenvalue weighted by molar-refractivity contribution is 5.47. The molecule has 0 fully saturated rings. The quantitative estimate of drug-likeness (QED) is 0.316. The van der Waals surface area contributed by atoms with Crippen LogP contribution in [0.4, 0.5) is 0 Å². The Labute approximate surface area is 204 Å². The van der Waals surface area contributed by atoms with E-state index in [0.29, 0.717) is 30.5 Å². The molecular weight excluding hydrogens is 426 g/mol. The number of nitrogens with zero attached hydrogens (tertiary/aromatic N) is 3. The van der Waals surface area contributed by atoms with Crippen molar-refractivity contribution >= 4 is 0 Å². The van der Waals surface area contributed by atoms with Crippen LogP contribution in [-0.2, 0) is 13.0 Å². The Kier molecular flexibility index (Phi) is 9.98. The monoisotopic (exact) mass is 465 g/mol. The van der Waals surface area contributed by atoms with E-state index in [2.05, 4.69) is 25.7 Å². The second-order valence-electron chi connectivity index (χ2n) is 8.62. The molecule has 6 nitrogen and oxygen atoms in total. The molecule has 1 atom stereocenters. The van der Waals surface area contributed by atoms with Gasteiger partial charge in [0.05, 0.1) is 30.2 Å². The third-order valence-electron chi connectivity index (χ3n) is 5.91. The van der Waals surface area contributed by atoms with Crippen molar-refractivity contribution in [2.45, 2.75) is 65.5 Å². The number of hydrogen-bond donors (Lipinski definition) is 1. The number of para-hydroxylation sites is 3. The Hall–Kier alpha value is -2.83. The van der Waals surface area contributed by atoms with Crippen LogP contribution in [0.3, 0.4) is 0 Å². The number of unbranched alkanes of at least 4 members (excludes halogenated alkanes) is 1. The van der Waals surface area contributed by atoms with Crippen LogP contribution < -0.4 is 9.47 Å². The second-order valence-corrected chi connectivity index (χ2v) is 8.62. The zero-order chi connectivity index (χ0) is 24.3. The molecule has 3 aromatic rings. The van der Waals surface area contributed by atoms with Crippen molar-refractivity contribution in [1.29, 1.82) is 0 Å². The van der Waals surface area contributed by atoms with E-state index in [4.69, 9.17) is 14.6 Å². The molecule has 1 heterocycles. The Balaban J connectivity index is 2.02. The molecule has 3 rings (SSSR count). The van der Waals surface area contributed by atoms with Gasteiger partial charge in [0.2, 0.25) is 5.88 Å². The van der Waals surface area contributed by atoms with Crippen molar-refractivity contribution in [3.63, 3.8) is 0 Å². The highest BCUT2D eigenvalue weighted by atomic mass is 16.5. The van der Waals surface area contributed by atoms with Gasteiger partial charge in [0.15, 0.2) is 11.5 Å². The SMILES string of the molecule is CCCC[C@@H](O)CN(CCC)Cc1c(CC)nn(-c2ccccc2)c1Oc1ccccc1OC. The zero-order valence-electron chi connectivity index (χ0n) is 21.0. The van der Waals surface area contributed by atoms with E-state index in [-0.39, 0.29) is 6.10 Å². The first-order chi connectivity index (χ1) is 16.6. The molecule has 34 heavy (non-hydrogen) atoms. The van der Waals surface area contributed by atoms with Crippen molar-refractivity contribution in [2.24, 2.45) is 0 Å². The standard InChI is InChI=1S/C28H39N3O3/c1-5-8-16-23(32)20-30(19-6-2)21-24-25(7-3)29-31(22-14-10-9-11-15-22)28(24)34-27-18-13-12-17-26(27)33-4/h9-15,17-18,23,32H,5-8,16,19-21H2,1-4H3/t23-/m1/s1. The van der Waals surface area contributed by atoms with Crippen molar-refractivity contribution in [3.05, 3.63) is 65.9 Å². The lowest BCUT2D eigenvalue weighted by Crippen LogP contribution is -2.33. The van der Waals surface area contributed by atoms with E-state index in [9.17, 15) is 5.11 Å². The topological polar surface area (TPSA) is 59.8 Å². The van der Waals surface area contributed by atoms with E-state index in [1.165, 1.54) is 0 Å². The van der Waals surface area contributed by atoms with Crippen molar-refractivity contribution in [2.75, 3.05) is 20.2 Å². The van der Waals surface area contributed by atoms with Gasteiger partial charge in [-0.15, -0.1) is 0 Å². The van der Waals surface area contributed by atoms with Gasteiger partial charge in [-0.2, -0.15) is 5.10 Å². The molecule has 0 amide bonds. The minimum absolute atomic E-state index is 0.334. The first-order valence-corrected chi connectivity index (χ1v) is 12.5. The van der Waals surface area contributed by atoms with Gasteiger partial charge < -0.3 is 14.6 Å². The first-order valence-electron chi connectivity index (χ1n) is 12.5. The molecule has 1 N–H and O–H groups in total. The molecule has 0 saturated heterocycles. The highest BCUT2D eigenvalue weighted by Gasteiger charge is 2.24. The fourth-order valence-corrected chi connectivity index (χ4v) is 4.18. The van der Waals surface area contributed by atoms with E-state index >= 15 is 0 Å². The number of ether oxygens (including phenoxy) is 2. The van der Waals surface area contributed by atoms with Gasteiger partial charge in [-0.1, -0.05) is 63.9 Å². The summed E-state index contributed by atoms with van der Waals surface area (Å²) in [6.45, 7) is 8.65. The first kappa shape index (κ1) is 25.8. The van der Waals surface area contributed by atoms with Gasteiger partial charge in [-0.25, -0.2) is 4.68 Å². The predicted molar refractivity (Wildman–Crippen MR) is 137 cm³/mol. The van der Waals surface area contributed by atoms with E-state index in [0.717, 1.165) is 55.6 Å². The summed E-state index contributed by atoms with van der Waals surface area (Å²) in [7, 11) is 1.65. The van der Waals surface area contributed by atoms with Crippen LogP contribution >= 0.6 is 0 Å². The Morgan fingerprint density at radius 3 is 2.32 bits per heavy atom. The molecule has 2 aromatic carbocycles. The molecule has 1 aromatic heterocycles. The normalized spacial score (nSPS) is 12.2. The molecule has 184 valence electrons. The van der Waals surface area contributed by atoms with Gasteiger partial charge in [0.1, 0.15) is 0 Å². The Morgan fingerprint density at radius 2 is 1.68 bits per heavy atom. The number of aliphatic hydroxyl groups is 1. The summed E-state index contributed by atoms with van der Waals surface area (Å²) >= 11 is 0. The van der Waals surface area contributed by atoms with Gasteiger partial charge in [-0.3, -0.25) is 4.90 Å². The lowest BCUT2D eigenvalue weighted by molar-refractivity contribution is 0.0990. The number of aromatic nitrogens is 2. The van der Waals surface area contributed by atoms with Crippen molar-refractivity contribution in [1.82, 2.24) is 14.7 Å². The van der Waals surface area contributed by atoms with Crippen LogP contribution in [0.25, 0.3) is 5.69 Å². The van der Waals surface area contributed by atoms with Crippen LogP contribution in [0, 0.1) is 0 Å². The number of aryl methyl sites for hydroxylation is 1. The zero-order valence-corrected chi connectivity index (χ0v) is 21.0. The fraction of sp³-hybridized carbons (Fsp3) is 0.464. The Bertz CT molecular complexity index is 1000. The predicted octanol–water partition coefficient (Wildman–Crippen LogP) is 6.00. The summed E-state index contributed by atoms with van der Waals surface area (Å²) in [6.07, 6.45) is 4.42. The minimum atomic E-state index is -0.334. The molecule has 6 heteroatoms. The third-order valence-corrected chi connectivity index (χ3v) is 5.91. The summed E-state index contributed by atoms with van der Waals surface area (Å²) in [5.74, 6) is 2.01. The molecule has 0 unspecified atom stereocenters. The van der Waals surface area contributed by atoms with Crippen LogP contribution in [-0.4, -0.2) is 46.1 Å². The maximum absolute atomic E-state index is 10.6. The van der Waals surface area contributed by atoms with Gasteiger partial charge in [0.25, 0.3) is 0 Å². The fourth-order valence-electron chi connectivity index (χ4n) is 4.18. The number of aliphatic hydroxyl groups excluding tert-OH is 1. The molecule has 0 bridgehead atoms. The van der Waals surface area contributed by atoms with Gasteiger partial charge in [-0.05, 0) is 50.1 Å². The Morgan fingerprint density at radius 1 is 0.971 bits per heavy atom. The maximum Gasteiger partial charge on any atom is 0.227 e. The molecule has 0 aliphatic heterocycles. The molecule has 0 radical (unpaired) electrons. The smallest absolute Gasteiger partial charge is 0.227 e. The average Bonchev–Trinajstić information content (AvgIpc) is 3.20. The van der Waals surface area contributed by atoms with E-state index < -0.39 is 0 Å². The maximum atomic E-state index is 10.6. The summed E-state index contributed by atoms with van der Waals surface area (Å²) in [6, 6.07) is 17.7.